The summed E-state index contributed by atoms with van der Waals surface area (Å²) in [6, 6.07) is 7.51. The molecule has 1 N–H and O–H groups in total. The normalized spacial score (nSPS) is 15.1. The summed E-state index contributed by atoms with van der Waals surface area (Å²) in [5.41, 5.74) is 2.20. The van der Waals surface area contributed by atoms with Crippen LogP contribution in [0.4, 0.5) is 0 Å². The van der Waals surface area contributed by atoms with Crippen molar-refractivity contribution in [2.75, 3.05) is 6.54 Å². The van der Waals surface area contributed by atoms with Crippen molar-refractivity contribution in [3.05, 3.63) is 46.0 Å². The van der Waals surface area contributed by atoms with Gasteiger partial charge in [0.2, 0.25) is 0 Å². The Bertz CT molecular complexity index is 454. The van der Waals surface area contributed by atoms with Gasteiger partial charge in [0, 0.05) is 11.0 Å². The highest BCUT2D eigenvalue weighted by Gasteiger charge is 2.09. The lowest BCUT2D eigenvalue weighted by atomic mass is 9.97. The van der Waals surface area contributed by atoms with Crippen molar-refractivity contribution >= 4 is 21.8 Å². The van der Waals surface area contributed by atoms with E-state index in [1.165, 1.54) is 31.3 Å². The molecule has 2 rings (SSSR count). The number of allylic oxidation sites excluding steroid dienone is 1. The van der Waals surface area contributed by atoms with Crippen LogP contribution >= 0.6 is 15.9 Å². The molecule has 0 bridgehead atoms. The lowest BCUT2D eigenvalue weighted by molar-refractivity contribution is 0.0953. The van der Waals surface area contributed by atoms with Crippen molar-refractivity contribution in [2.45, 2.75) is 32.1 Å². The smallest absolute Gasteiger partial charge is 0.252 e. The van der Waals surface area contributed by atoms with Crippen LogP contribution in [0.5, 0.6) is 0 Å². The summed E-state index contributed by atoms with van der Waals surface area (Å²) in [6.07, 6.45) is 8.32. The van der Waals surface area contributed by atoms with Gasteiger partial charge in [0.05, 0.1) is 5.56 Å². The Morgan fingerprint density at radius 1 is 1.28 bits per heavy atom. The number of halogens is 1. The number of nitrogens with one attached hydrogen (secondary N) is 1. The van der Waals surface area contributed by atoms with E-state index < -0.39 is 0 Å². The highest BCUT2D eigenvalue weighted by atomic mass is 79.9. The Kier molecular flexibility index (Phi) is 5.00. The first-order valence-electron chi connectivity index (χ1n) is 6.48. The van der Waals surface area contributed by atoms with Crippen molar-refractivity contribution in [3.8, 4) is 0 Å². The van der Waals surface area contributed by atoms with Crippen molar-refractivity contribution in [1.29, 1.82) is 0 Å². The number of rotatable bonds is 4. The third kappa shape index (κ3) is 3.70. The number of amides is 1. The van der Waals surface area contributed by atoms with Gasteiger partial charge in [-0.15, -0.1) is 0 Å². The third-order valence-electron chi connectivity index (χ3n) is 3.24. The molecule has 18 heavy (non-hydrogen) atoms. The van der Waals surface area contributed by atoms with Crippen molar-refractivity contribution in [2.24, 2.45) is 0 Å². The van der Waals surface area contributed by atoms with Crippen LogP contribution in [0.1, 0.15) is 42.5 Å². The van der Waals surface area contributed by atoms with E-state index in [-0.39, 0.29) is 5.91 Å². The predicted molar refractivity (Wildman–Crippen MR) is 77.6 cm³/mol. The molecule has 0 radical (unpaired) electrons. The first kappa shape index (κ1) is 13.3. The third-order valence-corrected chi connectivity index (χ3v) is 3.93. The maximum atomic E-state index is 11.9. The van der Waals surface area contributed by atoms with Crippen molar-refractivity contribution < 1.29 is 4.79 Å². The zero-order chi connectivity index (χ0) is 12.8. The molecule has 0 heterocycles. The second-order valence-electron chi connectivity index (χ2n) is 4.59. The van der Waals surface area contributed by atoms with E-state index in [2.05, 4.69) is 27.3 Å². The average molecular weight is 308 g/mol. The molecule has 1 aromatic carbocycles. The van der Waals surface area contributed by atoms with Crippen LogP contribution in [-0.4, -0.2) is 12.5 Å². The van der Waals surface area contributed by atoms with Gasteiger partial charge < -0.3 is 5.32 Å². The van der Waals surface area contributed by atoms with Gasteiger partial charge in [0.1, 0.15) is 0 Å². The van der Waals surface area contributed by atoms with Gasteiger partial charge in [0.25, 0.3) is 5.91 Å². The molecule has 0 unspecified atom stereocenters. The fourth-order valence-corrected chi connectivity index (χ4v) is 2.67. The largest absolute Gasteiger partial charge is 0.352 e. The standard InChI is InChI=1S/C15H18BrNO/c16-14-9-5-4-8-13(14)15(18)17-11-10-12-6-2-1-3-7-12/h4-6,8-9H,1-3,7,10-11H2,(H,17,18). The van der Waals surface area contributed by atoms with Gasteiger partial charge >= 0.3 is 0 Å². The topological polar surface area (TPSA) is 29.1 Å². The maximum Gasteiger partial charge on any atom is 0.252 e. The number of hydrogen-bond donors (Lipinski definition) is 1. The minimum atomic E-state index is -0.00103. The van der Waals surface area contributed by atoms with E-state index in [4.69, 9.17) is 0 Å². The fourth-order valence-electron chi connectivity index (χ4n) is 2.21. The summed E-state index contributed by atoms with van der Waals surface area (Å²) in [7, 11) is 0. The molecule has 2 nitrogen and oxygen atoms in total. The van der Waals surface area contributed by atoms with Gasteiger partial charge in [-0.3, -0.25) is 4.79 Å². The zero-order valence-corrected chi connectivity index (χ0v) is 12.0. The molecule has 1 aliphatic carbocycles. The minimum Gasteiger partial charge on any atom is -0.352 e. The number of hydrogen-bond acceptors (Lipinski definition) is 1. The SMILES string of the molecule is O=C(NCCC1=CCCCC1)c1ccccc1Br. The summed E-state index contributed by atoms with van der Waals surface area (Å²) in [5, 5.41) is 2.98. The highest BCUT2D eigenvalue weighted by Crippen LogP contribution is 2.19. The van der Waals surface area contributed by atoms with E-state index in [1.807, 2.05) is 24.3 Å². The van der Waals surface area contributed by atoms with Crippen LogP contribution in [0.15, 0.2) is 40.4 Å². The Morgan fingerprint density at radius 3 is 2.83 bits per heavy atom. The summed E-state index contributed by atoms with van der Waals surface area (Å²) in [6.45, 7) is 0.728. The monoisotopic (exact) mass is 307 g/mol. The average Bonchev–Trinajstić information content (AvgIpc) is 2.40. The zero-order valence-electron chi connectivity index (χ0n) is 10.4. The molecule has 0 aliphatic heterocycles. The van der Waals surface area contributed by atoms with E-state index >= 15 is 0 Å². The summed E-state index contributed by atoms with van der Waals surface area (Å²) in [4.78, 5) is 11.9. The van der Waals surface area contributed by atoms with Crippen LogP contribution in [-0.2, 0) is 0 Å². The number of carbonyl (C=O) groups excluding carboxylic acids is 1. The van der Waals surface area contributed by atoms with Crippen LogP contribution in [0.2, 0.25) is 0 Å². The van der Waals surface area contributed by atoms with Crippen LogP contribution in [0, 0.1) is 0 Å². The van der Waals surface area contributed by atoms with Crippen LogP contribution in [0.25, 0.3) is 0 Å². The minimum absolute atomic E-state index is 0.00103. The molecule has 0 fully saturated rings. The molecule has 0 atom stereocenters. The lowest BCUT2D eigenvalue weighted by Crippen LogP contribution is -2.25. The van der Waals surface area contributed by atoms with Crippen LogP contribution in [0.3, 0.4) is 0 Å². The second kappa shape index (κ2) is 6.74. The molecule has 3 heteroatoms. The molecule has 0 spiro atoms. The second-order valence-corrected chi connectivity index (χ2v) is 5.45. The Balaban J connectivity index is 1.82. The van der Waals surface area contributed by atoms with Gasteiger partial charge in [-0.1, -0.05) is 23.8 Å². The molecule has 1 aliphatic rings. The molecular formula is C15H18BrNO. The number of benzene rings is 1. The number of carbonyl (C=O) groups is 1. The molecule has 1 amide bonds. The van der Waals surface area contributed by atoms with Gasteiger partial charge in [-0.2, -0.15) is 0 Å². The van der Waals surface area contributed by atoms with E-state index in [1.54, 1.807) is 0 Å². The fraction of sp³-hybridized carbons (Fsp3) is 0.400. The molecule has 1 aromatic rings. The maximum absolute atomic E-state index is 11.9. The molecular weight excluding hydrogens is 290 g/mol. The Labute approximate surface area is 117 Å². The van der Waals surface area contributed by atoms with E-state index in [0.717, 1.165) is 17.4 Å². The summed E-state index contributed by atoms with van der Waals surface area (Å²) >= 11 is 3.39. The molecule has 96 valence electrons. The predicted octanol–water partition coefficient (Wildman–Crippen LogP) is 4.07. The summed E-state index contributed by atoms with van der Waals surface area (Å²) in [5.74, 6) is -0.00103. The quantitative estimate of drug-likeness (QED) is 0.835. The van der Waals surface area contributed by atoms with Crippen molar-refractivity contribution in [3.63, 3.8) is 0 Å². The van der Waals surface area contributed by atoms with E-state index in [9.17, 15) is 4.79 Å². The summed E-state index contributed by atoms with van der Waals surface area (Å²) < 4.78 is 0.847. The van der Waals surface area contributed by atoms with Gasteiger partial charge in [-0.25, -0.2) is 0 Å². The first-order valence-corrected chi connectivity index (χ1v) is 7.27. The van der Waals surface area contributed by atoms with E-state index in [0.29, 0.717) is 5.56 Å². The Hall–Kier alpha value is -1.09. The molecule has 0 aromatic heterocycles. The van der Waals surface area contributed by atoms with Gasteiger partial charge in [0.15, 0.2) is 0 Å². The Morgan fingerprint density at radius 2 is 2.11 bits per heavy atom. The van der Waals surface area contributed by atoms with Gasteiger partial charge in [-0.05, 0) is 60.2 Å². The van der Waals surface area contributed by atoms with Crippen molar-refractivity contribution in [1.82, 2.24) is 5.32 Å². The molecule has 0 saturated carbocycles. The molecule has 0 saturated heterocycles. The lowest BCUT2D eigenvalue weighted by Gasteiger charge is -2.13. The van der Waals surface area contributed by atoms with Crippen LogP contribution < -0.4 is 5.32 Å². The highest BCUT2D eigenvalue weighted by molar-refractivity contribution is 9.10. The first-order chi connectivity index (χ1) is 8.77.